The zero-order valence-corrected chi connectivity index (χ0v) is 21.2. The van der Waals surface area contributed by atoms with Gasteiger partial charge in [-0.25, -0.2) is 4.98 Å². The molecule has 0 bridgehead atoms. The van der Waals surface area contributed by atoms with Crippen LogP contribution in [0.5, 0.6) is 5.75 Å². The maximum absolute atomic E-state index is 11.5. The van der Waals surface area contributed by atoms with Gasteiger partial charge in [0, 0.05) is 23.4 Å². The van der Waals surface area contributed by atoms with E-state index in [0.717, 1.165) is 28.6 Å². The molecule has 4 aromatic carbocycles. The zero-order valence-electron chi connectivity index (χ0n) is 21.2. The summed E-state index contributed by atoms with van der Waals surface area (Å²) in [5.74, 6) is 0.575. The minimum absolute atomic E-state index is 0.283. The summed E-state index contributed by atoms with van der Waals surface area (Å²) in [7, 11) is 0. The largest absolute Gasteiger partial charge is 0.502 e. The molecule has 0 amide bonds. The molecular weight excluding hydrogens is 478 g/mol. The van der Waals surface area contributed by atoms with Crippen LogP contribution in [0.25, 0.3) is 22.6 Å². The molecule has 190 valence electrons. The highest BCUT2D eigenvalue weighted by atomic mass is 16.6. The Labute approximate surface area is 220 Å². The predicted octanol–water partition coefficient (Wildman–Crippen LogP) is 7.96. The van der Waals surface area contributed by atoms with Crippen molar-refractivity contribution in [3.8, 4) is 17.2 Å². The topological polar surface area (TPSA) is 102 Å². The van der Waals surface area contributed by atoms with E-state index < -0.39 is 10.7 Å². The molecule has 0 saturated heterocycles. The summed E-state index contributed by atoms with van der Waals surface area (Å²) < 4.78 is 5.96. The van der Waals surface area contributed by atoms with Crippen molar-refractivity contribution in [1.82, 2.24) is 4.98 Å². The van der Waals surface area contributed by atoms with Crippen molar-refractivity contribution < 1.29 is 14.4 Å². The number of aromatic nitrogens is 1. The molecule has 0 aliphatic heterocycles. The van der Waals surface area contributed by atoms with Crippen molar-refractivity contribution in [3.05, 3.63) is 117 Å². The number of nitro groups is 1. The number of aromatic hydroxyl groups is 1. The van der Waals surface area contributed by atoms with Crippen molar-refractivity contribution >= 4 is 28.7 Å². The summed E-state index contributed by atoms with van der Waals surface area (Å²) in [4.78, 5) is 20.1. The van der Waals surface area contributed by atoms with Gasteiger partial charge in [-0.2, -0.15) is 0 Å². The van der Waals surface area contributed by atoms with Gasteiger partial charge in [0.25, 0.3) is 0 Å². The van der Waals surface area contributed by atoms with Gasteiger partial charge < -0.3 is 9.52 Å². The van der Waals surface area contributed by atoms with Crippen LogP contribution in [0.2, 0.25) is 0 Å². The number of hydrogen-bond donors (Lipinski definition) is 1. The lowest BCUT2D eigenvalue weighted by Crippen LogP contribution is -1.97. The summed E-state index contributed by atoms with van der Waals surface area (Å²) in [6.07, 6.45) is 3.00. The van der Waals surface area contributed by atoms with Gasteiger partial charge in [0.1, 0.15) is 5.52 Å². The molecule has 0 aliphatic carbocycles. The number of hydrogen-bond acceptors (Lipinski definition) is 6. The van der Waals surface area contributed by atoms with E-state index in [1.807, 2.05) is 60.7 Å². The number of rotatable bonds is 8. The third-order valence-corrected chi connectivity index (χ3v) is 6.69. The lowest BCUT2D eigenvalue weighted by Gasteiger charge is -2.07. The maximum atomic E-state index is 11.5. The number of nitro benzene ring substituents is 1. The summed E-state index contributed by atoms with van der Waals surface area (Å²) in [5.41, 5.74) is 5.90. The number of fused-ring (bicyclic) bond motifs is 1. The first-order valence-corrected chi connectivity index (χ1v) is 12.5. The minimum Gasteiger partial charge on any atom is -0.502 e. The normalized spacial score (nSPS) is 12.3. The van der Waals surface area contributed by atoms with Crippen LogP contribution in [0.15, 0.2) is 94.3 Å². The molecular formula is C31H27N3O4. The van der Waals surface area contributed by atoms with E-state index in [4.69, 9.17) is 4.42 Å². The Morgan fingerprint density at radius 2 is 1.79 bits per heavy atom. The average Bonchev–Trinajstić information content (AvgIpc) is 3.37. The quantitative estimate of drug-likeness (QED) is 0.131. The molecule has 0 saturated carbocycles. The van der Waals surface area contributed by atoms with Crippen LogP contribution in [0.3, 0.4) is 0 Å². The second kappa shape index (κ2) is 10.7. The fourth-order valence-electron chi connectivity index (χ4n) is 4.32. The molecule has 38 heavy (non-hydrogen) atoms. The lowest BCUT2D eigenvalue weighted by molar-refractivity contribution is -0.385. The number of nitrogens with zero attached hydrogens (tertiary/aromatic N) is 3. The van der Waals surface area contributed by atoms with Crippen molar-refractivity contribution in [2.75, 3.05) is 0 Å². The van der Waals surface area contributed by atoms with E-state index in [1.165, 1.54) is 17.8 Å². The number of phenols is 1. The van der Waals surface area contributed by atoms with Gasteiger partial charge in [0.05, 0.1) is 10.6 Å². The van der Waals surface area contributed by atoms with E-state index in [-0.39, 0.29) is 11.3 Å². The van der Waals surface area contributed by atoms with E-state index in [0.29, 0.717) is 29.5 Å². The average molecular weight is 506 g/mol. The van der Waals surface area contributed by atoms with Crippen molar-refractivity contribution in [3.63, 3.8) is 0 Å². The highest BCUT2D eigenvalue weighted by Crippen LogP contribution is 2.32. The molecule has 7 nitrogen and oxygen atoms in total. The fourth-order valence-corrected chi connectivity index (χ4v) is 4.32. The zero-order chi connectivity index (χ0) is 26.6. The van der Waals surface area contributed by atoms with Crippen LogP contribution in [0, 0.1) is 10.1 Å². The summed E-state index contributed by atoms with van der Waals surface area (Å²) in [6.45, 7) is 4.36. The van der Waals surface area contributed by atoms with Gasteiger partial charge in [-0.3, -0.25) is 15.1 Å². The molecule has 0 radical (unpaired) electrons. The van der Waals surface area contributed by atoms with E-state index in [1.54, 1.807) is 6.07 Å². The predicted molar refractivity (Wildman–Crippen MR) is 149 cm³/mol. The number of benzene rings is 4. The van der Waals surface area contributed by atoms with Crippen LogP contribution in [-0.2, 0) is 6.42 Å². The molecule has 1 heterocycles. The third kappa shape index (κ3) is 5.32. The van der Waals surface area contributed by atoms with Gasteiger partial charge in [0.2, 0.25) is 11.6 Å². The second-order valence-corrected chi connectivity index (χ2v) is 9.33. The first-order valence-electron chi connectivity index (χ1n) is 12.5. The molecule has 1 aromatic heterocycles. The van der Waals surface area contributed by atoms with Crippen LogP contribution < -0.4 is 0 Å². The van der Waals surface area contributed by atoms with Crippen molar-refractivity contribution in [2.45, 2.75) is 32.6 Å². The number of phenolic OH excluding ortho intramolecular Hbond substituents is 1. The fraction of sp³-hybridized carbons (Fsp3) is 0.161. The van der Waals surface area contributed by atoms with Crippen LogP contribution in [-0.4, -0.2) is 21.2 Å². The second-order valence-electron chi connectivity index (χ2n) is 9.33. The Kier molecular flexibility index (Phi) is 7.00. The molecule has 5 rings (SSSR count). The monoisotopic (exact) mass is 505 g/mol. The van der Waals surface area contributed by atoms with Crippen LogP contribution in [0.4, 0.5) is 11.4 Å². The summed E-state index contributed by atoms with van der Waals surface area (Å²) >= 11 is 0. The summed E-state index contributed by atoms with van der Waals surface area (Å²) in [5, 5.41) is 22.0. The SMILES string of the molecule is CC[C@H](C)c1ccc2oc(-c3ccc(N=Cc4cc(Cc5ccccc5)cc([N+](=O)[O-])c4O)cc3)nc2c1. The Balaban J connectivity index is 1.39. The van der Waals surface area contributed by atoms with E-state index >= 15 is 0 Å². The lowest BCUT2D eigenvalue weighted by atomic mass is 9.98. The smallest absolute Gasteiger partial charge is 0.311 e. The molecule has 1 N–H and O–H groups in total. The molecule has 7 heteroatoms. The molecule has 0 aliphatic rings. The molecule has 0 fully saturated rings. The maximum Gasteiger partial charge on any atom is 0.311 e. The van der Waals surface area contributed by atoms with Gasteiger partial charge in [-0.05, 0) is 77.9 Å². The number of aliphatic imine (C=N–C) groups is 1. The molecule has 1 atom stereocenters. The Hall–Kier alpha value is -4.78. The van der Waals surface area contributed by atoms with Gasteiger partial charge in [0.15, 0.2) is 5.58 Å². The molecule has 5 aromatic rings. The first-order chi connectivity index (χ1) is 18.4. The first kappa shape index (κ1) is 24.9. The highest BCUT2D eigenvalue weighted by molar-refractivity contribution is 5.88. The summed E-state index contributed by atoms with van der Waals surface area (Å²) in [6, 6.07) is 26.2. The third-order valence-electron chi connectivity index (χ3n) is 6.69. The van der Waals surface area contributed by atoms with Gasteiger partial charge in [-0.15, -0.1) is 0 Å². The Morgan fingerprint density at radius 1 is 1.03 bits per heavy atom. The molecule has 0 spiro atoms. The van der Waals surface area contributed by atoms with Crippen LogP contribution >= 0.6 is 0 Å². The van der Waals surface area contributed by atoms with E-state index in [2.05, 4.69) is 36.0 Å². The van der Waals surface area contributed by atoms with Gasteiger partial charge >= 0.3 is 5.69 Å². The number of oxazole rings is 1. The van der Waals surface area contributed by atoms with Crippen molar-refractivity contribution in [1.29, 1.82) is 0 Å². The molecule has 0 unspecified atom stereocenters. The Morgan fingerprint density at radius 3 is 2.50 bits per heavy atom. The van der Waals surface area contributed by atoms with Gasteiger partial charge in [-0.1, -0.05) is 50.2 Å². The van der Waals surface area contributed by atoms with E-state index in [9.17, 15) is 15.2 Å². The van der Waals surface area contributed by atoms with Crippen LogP contribution in [0.1, 0.15) is 48.4 Å². The highest BCUT2D eigenvalue weighted by Gasteiger charge is 2.18. The standard InChI is InChI=1S/C31H27N3O4/c1-3-20(2)24-11-14-29-27(18-24)33-31(38-29)23-9-12-26(13-10-23)32-19-25-16-22(15-21-7-5-4-6-8-21)17-28(30(25)35)34(36)37/h4-14,16-20,35H,3,15H2,1-2H3/t20-/m0/s1. The Bertz CT molecular complexity index is 1620. The minimum atomic E-state index is -0.581. The van der Waals surface area contributed by atoms with Crippen molar-refractivity contribution in [2.24, 2.45) is 4.99 Å².